The van der Waals surface area contributed by atoms with Crippen LogP contribution in [-0.2, 0) is 4.74 Å². The Hall–Kier alpha value is -1.49. The standard InChI is InChI=1S/C10H14N4O/c1-8-6-12-10(13-7-8)9(11)14-2-4-15-5-3-14/h6-7,11H,2-5H2,1H3. The van der Waals surface area contributed by atoms with Crippen molar-refractivity contribution in [3.63, 3.8) is 0 Å². The van der Waals surface area contributed by atoms with Crippen molar-refractivity contribution >= 4 is 5.84 Å². The third kappa shape index (κ3) is 2.30. The van der Waals surface area contributed by atoms with E-state index < -0.39 is 0 Å². The lowest BCUT2D eigenvalue weighted by Crippen LogP contribution is -2.41. The molecule has 80 valence electrons. The first-order valence-electron chi connectivity index (χ1n) is 4.97. The summed E-state index contributed by atoms with van der Waals surface area (Å²) in [4.78, 5) is 10.2. The molecule has 1 saturated heterocycles. The third-order valence-corrected chi connectivity index (χ3v) is 2.32. The summed E-state index contributed by atoms with van der Waals surface area (Å²) in [6.07, 6.45) is 3.47. The van der Waals surface area contributed by atoms with Gasteiger partial charge in [-0.2, -0.15) is 0 Å². The summed E-state index contributed by atoms with van der Waals surface area (Å²) < 4.78 is 5.23. The highest BCUT2D eigenvalue weighted by Crippen LogP contribution is 2.03. The summed E-state index contributed by atoms with van der Waals surface area (Å²) in [5.41, 5.74) is 1.01. The van der Waals surface area contributed by atoms with Gasteiger partial charge in [0.25, 0.3) is 0 Å². The van der Waals surface area contributed by atoms with Gasteiger partial charge in [-0.1, -0.05) is 0 Å². The van der Waals surface area contributed by atoms with Crippen LogP contribution in [0.4, 0.5) is 0 Å². The smallest absolute Gasteiger partial charge is 0.194 e. The van der Waals surface area contributed by atoms with E-state index in [0.717, 1.165) is 18.7 Å². The monoisotopic (exact) mass is 206 g/mol. The first-order valence-corrected chi connectivity index (χ1v) is 4.97. The molecule has 0 unspecified atom stereocenters. The first-order chi connectivity index (χ1) is 7.27. The van der Waals surface area contributed by atoms with E-state index in [1.54, 1.807) is 12.4 Å². The molecule has 0 aromatic carbocycles. The van der Waals surface area contributed by atoms with Gasteiger partial charge in [0.1, 0.15) is 0 Å². The zero-order chi connectivity index (χ0) is 10.7. The zero-order valence-corrected chi connectivity index (χ0v) is 8.73. The van der Waals surface area contributed by atoms with Gasteiger partial charge in [-0.3, -0.25) is 5.41 Å². The summed E-state index contributed by atoms with van der Waals surface area (Å²) in [5, 5.41) is 7.94. The topological polar surface area (TPSA) is 62.1 Å². The largest absolute Gasteiger partial charge is 0.378 e. The van der Waals surface area contributed by atoms with Gasteiger partial charge >= 0.3 is 0 Å². The van der Waals surface area contributed by atoms with Gasteiger partial charge in [-0.15, -0.1) is 0 Å². The molecule has 1 aliphatic heterocycles. The summed E-state index contributed by atoms with van der Waals surface area (Å²) >= 11 is 0. The predicted molar refractivity (Wildman–Crippen MR) is 56.0 cm³/mol. The highest BCUT2D eigenvalue weighted by atomic mass is 16.5. The van der Waals surface area contributed by atoms with Crippen LogP contribution in [0.25, 0.3) is 0 Å². The van der Waals surface area contributed by atoms with Crippen LogP contribution < -0.4 is 0 Å². The Labute approximate surface area is 88.6 Å². The molecule has 0 spiro atoms. The van der Waals surface area contributed by atoms with Crippen molar-refractivity contribution in [2.45, 2.75) is 6.92 Å². The fourth-order valence-electron chi connectivity index (χ4n) is 1.44. The molecule has 2 rings (SSSR count). The van der Waals surface area contributed by atoms with E-state index in [1.165, 1.54) is 0 Å². The second-order valence-corrected chi connectivity index (χ2v) is 3.53. The van der Waals surface area contributed by atoms with Crippen molar-refractivity contribution in [2.75, 3.05) is 26.3 Å². The molecule has 1 aromatic heterocycles. The average Bonchev–Trinajstić information content (AvgIpc) is 2.30. The van der Waals surface area contributed by atoms with E-state index in [-0.39, 0.29) is 0 Å². The minimum atomic E-state index is 0.387. The molecule has 0 radical (unpaired) electrons. The Kier molecular flexibility index (Phi) is 2.91. The normalized spacial score (nSPS) is 16.5. The minimum absolute atomic E-state index is 0.387. The Morgan fingerprint density at radius 3 is 2.53 bits per heavy atom. The predicted octanol–water partition coefficient (Wildman–Crippen LogP) is 0.443. The molecular weight excluding hydrogens is 192 g/mol. The molecule has 0 saturated carbocycles. The highest BCUT2D eigenvalue weighted by molar-refractivity contribution is 5.92. The lowest BCUT2D eigenvalue weighted by Gasteiger charge is -2.28. The molecule has 15 heavy (non-hydrogen) atoms. The fourth-order valence-corrected chi connectivity index (χ4v) is 1.44. The number of morpholine rings is 1. The maximum absolute atomic E-state index is 7.94. The van der Waals surface area contributed by atoms with E-state index in [9.17, 15) is 0 Å². The quantitative estimate of drug-likeness (QED) is 0.535. The number of nitrogens with zero attached hydrogens (tertiary/aromatic N) is 3. The van der Waals surface area contributed by atoms with Crippen molar-refractivity contribution < 1.29 is 4.74 Å². The van der Waals surface area contributed by atoms with Crippen molar-refractivity contribution in [3.05, 3.63) is 23.8 Å². The van der Waals surface area contributed by atoms with Crippen molar-refractivity contribution in [1.82, 2.24) is 14.9 Å². The van der Waals surface area contributed by atoms with Gasteiger partial charge in [0.2, 0.25) is 0 Å². The fraction of sp³-hybridized carbons (Fsp3) is 0.500. The van der Waals surface area contributed by atoms with Crippen LogP contribution in [0.3, 0.4) is 0 Å². The molecule has 1 aromatic rings. The van der Waals surface area contributed by atoms with Crippen LogP contribution in [-0.4, -0.2) is 47.0 Å². The van der Waals surface area contributed by atoms with Gasteiger partial charge < -0.3 is 9.64 Å². The van der Waals surface area contributed by atoms with E-state index in [2.05, 4.69) is 9.97 Å². The zero-order valence-electron chi connectivity index (χ0n) is 8.73. The Morgan fingerprint density at radius 2 is 1.93 bits per heavy atom. The van der Waals surface area contributed by atoms with Crippen molar-refractivity contribution in [3.8, 4) is 0 Å². The van der Waals surface area contributed by atoms with E-state index in [1.807, 2.05) is 11.8 Å². The molecule has 0 bridgehead atoms. The number of ether oxygens (including phenoxy) is 1. The minimum Gasteiger partial charge on any atom is -0.378 e. The van der Waals surface area contributed by atoms with Crippen LogP contribution in [0.2, 0.25) is 0 Å². The van der Waals surface area contributed by atoms with Crippen LogP contribution in [0.1, 0.15) is 11.4 Å². The lowest BCUT2D eigenvalue weighted by molar-refractivity contribution is 0.0678. The summed E-state index contributed by atoms with van der Waals surface area (Å²) in [7, 11) is 0. The van der Waals surface area contributed by atoms with Crippen LogP contribution in [0, 0.1) is 12.3 Å². The second kappa shape index (κ2) is 4.35. The number of hydrogen-bond acceptors (Lipinski definition) is 4. The van der Waals surface area contributed by atoms with E-state index in [4.69, 9.17) is 10.1 Å². The van der Waals surface area contributed by atoms with Crippen LogP contribution >= 0.6 is 0 Å². The maximum Gasteiger partial charge on any atom is 0.194 e. The number of rotatable bonds is 1. The Bertz CT molecular complexity index is 343. The number of nitrogens with one attached hydrogen (secondary N) is 1. The molecule has 5 nitrogen and oxygen atoms in total. The molecule has 1 fully saturated rings. The molecule has 0 amide bonds. The molecule has 0 atom stereocenters. The lowest BCUT2D eigenvalue weighted by atomic mass is 10.3. The number of aryl methyl sites for hydroxylation is 1. The number of aromatic nitrogens is 2. The summed E-state index contributed by atoms with van der Waals surface area (Å²) in [6.45, 7) is 4.77. The van der Waals surface area contributed by atoms with Gasteiger partial charge in [0.05, 0.1) is 13.2 Å². The molecule has 5 heteroatoms. The van der Waals surface area contributed by atoms with Gasteiger partial charge in [0.15, 0.2) is 11.7 Å². The Balaban J connectivity index is 2.09. The van der Waals surface area contributed by atoms with E-state index in [0.29, 0.717) is 24.9 Å². The average molecular weight is 206 g/mol. The maximum atomic E-state index is 7.94. The van der Waals surface area contributed by atoms with E-state index >= 15 is 0 Å². The van der Waals surface area contributed by atoms with Crippen molar-refractivity contribution in [2.24, 2.45) is 0 Å². The SMILES string of the molecule is Cc1cnc(C(=N)N2CCOCC2)nc1. The number of amidine groups is 1. The van der Waals surface area contributed by atoms with Gasteiger partial charge in [-0.05, 0) is 12.5 Å². The first kappa shape index (κ1) is 10.0. The molecule has 1 N–H and O–H groups in total. The molecule has 1 aliphatic rings. The van der Waals surface area contributed by atoms with Crippen molar-refractivity contribution in [1.29, 1.82) is 5.41 Å². The number of hydrogen-bond donors (Lipinski definition) is 1. The molecular formula is C10H14N4O. The Morgan fingerprint density at radius 1 is 1.33 bits per heavy atom. The van der Waals surface area contributed by atoms with Gasteiger partial charge in [-0.25, -0.2) is 9.97 Å². The second-order valence-electron chi connectivity index (χ2n) is 3.53. The molecule has 0 aliphatic carbocycles. The van der Waals surface area contributed by atoms with Gasteiger partial charge in [0, 0.05) is 25.5 Å². The summed E-state index contributed by atoms with van der Waals surface area (Å²) in [5.74, 6) is 0.876. The summed E-state index contributed by atoms with van der Waals surface area (Å²) in [6, 6.07) is 0. The molecule has 2 heterocycles. The van der Waals surface area contributed by atoms with Crippen LogP contribution in [0.15, 0.2) is 12.4 Å². The van der Waals surface area contributed by atoms with Crippen LogP contribution in [0.5, 0.6) is 0 Å². The third-order valence-electron chi connectivity index (χ3n) is 2.32. The highest BCUT2D eigenvalue weighted by Gasteiger charge is 2.16.